The largest absolute Gasteiger partial charge is 0.347 e. The van der Waals surface area contributed by atoms with E-state index in [4.69, 9.17) is 0 Å². The molecule has 2 rings (SSSR count). The Balaban J connectivity index is 2.15. The van der Waals surface area contributed by atoms with E-state index in [1.54, 1.807) is 32.4 Å². The van der Waals surface area contributed by atoms with Gasteiger partial charge in [-0.15, -0.1) is 0 Å². The minimum Gasteiger partial charge on any atom is -0.347 e. The number of benzene rings is 1. The summed E-state index contributed by atoms with van der Waals surface area (Å²) in [5.41, 5.74) is 0.868. The third-order valence-corrected chi connectivity index (χ3v) is 2.64. The first kappa shape index (κ1) is 12.3. The topological polar surface area (TPSA) is 49.0 Å². The van der Waals surface area contributed by atoms with Gasteiger partial charge in [-0.3, -0.25) is 4.79 Å². The number of aromatic nitrogens is 2. The predicted molar refractivity (Wildman–Crippen MR) is 65.5 cm³/mol. The Morgan fingerprint density at radius 1 is 1.50 bits per heavy atom. The van der Waals surface area contributed by atoms with Crippen LogP contribution in [0, 0.1) is 12.7 Å². The van der Waals surface area contributed by atoms with Crippen molar-refractivity contribution in [1.29, 1.82) is 0 Å². The van der Waals surface area contributed by atoms with E-state index in [0.717, 1.165) is 5.56 Å². The summed E-state index contributed by atoms with van der Waals surface area (Å²) in [6.45, 7) is 2.10. The van der Waals surface area contributed by atoms with E-state index in [2.05, 4.69) is 9.97 Å². The summed E-state index contributed by atoms with van der Waals surface area (Å²) >= 11 is 0. The monoisotopic (exact) mass is 247 g/mol. The molecule has 0 saturated heterocycles. The average molecular weight is 247 g/mol. The van der Waals surface area contributed by atoms with Crippen molar-refractivity contribution in [3.63, 3.8) is 0 Å². The third-order valence-electron chi connectivity index (χ3n) is 2.64. The Bertz CT molecular complexity index is 551. The highest BCUT2D eigenvalue weighted by atomic mass is 19.1. The Hall–Kier alpha value is -2.17. The Labute approximate surface area is 104 Å². The molecule has 0 radical (unpaired) electrons. The van der Waals surface area contributed by atoms with Gasteiger partial charge in [0.05, 0.1) is 12.1 Å². The Kier molecular flexibility index (Phi) is 3.41. The van der Waals surface area contributed by atoms with Crippen LogP contribution < -0.4 is 0 Å². The summed E-state index contributed by atoms with van der Waals surface area (Å²) < 4.78 is 13.7. The predicted octanol–water partition coefficient (Wildman–Crippen LogP) is 2.13. The van der Waals surface area contributed by atoms with Crippen LogP contribution >= 0.6 is 0 Å². The van der Waals surface area contributed by atoms with Gasteiger partial charge in [0.25, 0.3) is 5.91 Å². The van der Waals surface area contributed by atoms with Crippen LogP contribution in [-0.2, 0) is 6.54 Å². The molecular formula is C13H14FN3O. The molecular weight excluding hydrogens is 233 g/mol. The second kappa shape index (κ2) is 5.00. The van der Waals surface area contributed by atoms with Crippen LogP contribution in [0.15, 0.2) is 30.6 Å². The van der Waals surface area contributed by atoms with Crippen LogP contribution in [0.2, 0.25) is 0 Å². The van der Waals surface area contributed by atoms with Crippen LogP contribution in [0.5, 0.6) is 0 Å². The lowest BCUT2D eigenvalue weighted by molar-refractivity contribution is 0.0777. The normalized spacial score (nSPS) is 10.4. The molecule has 0 atom stereocenters. The van der Waals surface area contributed by atoms with E-state index in [1.807, 2.05) is 0 Å². The van der Waals surface area contributed by atoms with E-state index in [-0.39, 0.29) is 11.5 Å². The maximum absolute atomic E-state index is 13.7. The number of hydrogen-bond donors (Lipinski definition) is 1. The van der Waals surface area contributed by atoms with Crippen molar-refractivity contribution in [2.45, 2.75) is 13.5 Å². The number of H-pyrrole nitrogens is 1. The Morgan fingerprint density at radius 2 is 2.28 bits per heavy atom. The lowest BCUT2D eigenvalue weighted by Gasteiger charge is -2.16. The molecule has 18 heavy (non-hydrogen) atoms. The molecule has 0 aliphatic rings. The van der Waals surface area contributed by atoms with Gasteiger partial charge in [-0.25, -0.2) is 9.37 Å². The molecule has 0 spiro atoms. The number of halogens is 1. The fourth-order valence-electron chi connectivity index (χ4n) is 1.68. The summed E-state index contributed by atoms with van der Waals surface area (Å²) in [4.78, 5) is 20.4. The van der Waals surface area contributed by atoms with Crippen molar-refractivity contribution < 1.29 is 9.18 Å². The van der Waals surface area contributed by atoms with Gasteiger partial charge in [-0.2, -0.15) is 0 Å². The van der Waals surface area contributed by atoms with E-state index in [1.165, 1.54) is 17.0 Å². The van der Waals surface area contributed by atoms with Gasteiger partial charge in [0.1, 0.15) is 11.6 Å². The number of nitrogens with one attached hydrogen (secondary N) is 1. The van der Waals surface area contributed by atoms with Gasteiger partial charge in [0, 0.05) is 19.4 Å². The zero-order valence-corrected chi connectivity index (χ0v) is 10.3. The highest BCUT2D eigenvalue weighted by molar-refractivity contribution is 5.94. The van der Waals surface area contributed by atoms with Crippen LogP contribution in [0.3, 0.4) is 0 Å². The van der Waals surface area contributed by atoms with Crippen molar-refractivity contribution in [2.24, 2.45) is 0 Å². The molecule has 1 aromatic heterocycles. The number of aryl methyl sites for hydroxylation is 1. The first-order chi connectivity index (χ1) is 8.58. The van der Waals surface area contributed by atoms with Gasteiger partial charge in [-0.05, 0) is 24.6 Å². The van der Waals surface area contributed by atoms with Gasteiger partial charge in [0.15, 0.2) is 0 Å². The van der Waals surface area contributed by atoms with Crippen LogP contribution in [0.4, 0.5) is 4.39 Å². The molecule has 0 saturated carbocycles. The highest BCUT2D eigenvalue weighted by Crippen LogP contribution is 2.12. The molecule has 0 aliphatic heterocycles. The van der Waals surface area contributed by atoms with Crippen molar-refractivity contribution in [1.82, 2.24) is 14.9 Å². The molecule has 5 heteroatoms. The molecule has 1 heterocycles. The summed E-state index contributed by atoms with van der Waals surface area (Å²) in [6, 6.07) is 4.58. The van der Waals surface area contributed by atoms with E-state index >= 15 is 0 Å². The molecule has 0 fully saturated rings. The number of imidazole rings is 1. The lowest BCUT2D eigenvalue weighted by Crippen LogP contribution is -2.27. The van der Waals surface area contributed by atoms with Gasteiger partial charge >= 0.3 is 0 Å². The smallest absolute Gasteiger partial charge is 0.256 e. The van der Waals surface area contributed by atoms with Crippen LogP contribution in [-0.4, -0.2) is 27.8 Å². The maximum atomic E-state index is 13.7. The summed E-state index contributed by atoms with van der Waals surface area (Å²) in [5, 5.41) is 0. The van der Waals surface area contributed by atoms with Crippen LogP contribution in [0.25, 0.3) is 0 Å². The average Bonchev–Trinajstić information content (AvgIpc) is 2.81. The lowest BCUT2D eigenvalue weighted by atomic mass is 10.1. The second-order valence-corrected chi connectivity index (χ2v) is 4.18. The molecule has 0 bridgehead atoms. The van der Waals surface area contributed by atoms with Crippen molar-refractivity contribution in [3.8, 4) is 0 Å². The van der Waals surface area contributed by atoms with E-state index < -0.39 is 5.82 Å². The fourth-order valence-corrected chi connectivity index (χ4v) is 1.68. The molecule has 4 nitrogen and oxygen atoms in total. The standard InChI is InChI=1S/C13H14FN3O/c1-9-3-4-10(11(14)7-9)13(18)17(2)8-12-15-5-6-16-12/h3-7H,8H2,1-2H3,(H,15,16). The van der Waals surface area contributed by atoms with Crippen molar-refractivity contribution >= 4 is 5.91 Å². The zero-order chi connectivity index (χ0) is 13.1. The zero-order valence-electron chi connectivity index (χ0n) is 10.3. The third kappa shape index (κ3) is 2.56. The fraction of sp³-hybridized carbons (Fsp3) is 0.231. The van der Waals surface area contributed by atoms with E-state index in [9.17, 15) is 9.18 Å². The number of hydrogen-bond acceptors (Lipinski definition) is 2. The minimum atomic E-state index is -0.494. The summed E-state index contributed by atoms with van der Waals surface area (Å²) in [6.07, 6.45) is 3.29. The highest BCUT2D eigenvalue weighted by Gasteiger charge is 2.16. The first-order valence-electron chi connectivity index (χ1n) is 5.58. The molecule has 1 aromatic carbocycles. The van der Waals surface area contributed by atoms with Crippen molar-refractivity contribution in [3.05, 3.63) is 53.4 Å². The van der Waals surface area contributed by atoms with Crippen LogP contribution in [0.1, 0.15) is 21.7 Å². The molecule has 1 N–H and O–H groups in total. The number of aromatic amines is 1. The molecule has 0 aliphatic carbocycles. The SMILES string of the molecule is Cc1ccc(C(=O)N(C)Cc2ncc[nH]2)c(F)c1. The van der Waals surface area contributed by atoms with Gasteiger partial charge in [-0.1, -0.05) is 6.07 Å². The number of amides is 1. The second-order valence-electron chi connectivity index (χ2n) is 4.18. The van der Waals surface area contributed by atoms with Gasteiger partial charge < -0.3 is 9.88 Å². The summed E-state index contributed by atoms with van der Waals surface area (Å²) in [7, 11) is 1.62. The maximum Gasteiger partial charge on any atom is 0.256 e. The molecule has 0 unspecified atom stereocenters. The quantitative estimate of drug-likeness (QED) is 0.903. The number of rotatable bonds is 3. The minimum absolute atomic E-state index is 0.0784. The number of nitrogens with zero attached hydrogens (tertiary/aromatic N) is 2. The number of carbonyl (C=O) groups excluding carboxylic acids is 1. The van der Waals surface area contributed by atoms with Crippen molar-refractivity contribution in [2.75, 3.05) is 7.05 Å². The first-order valence-corrected chi connectivity index (χ1v) is 5.58. The van der Waals surface area contributed by atoms with E-state index in [0.29, 0.717) is 12.4 Å². The molecule has 94 valence electrons. The summed E-state index contributed by atoms with van der Waals surface area (Å²) in [5.74, 6) is -0.187. The molecule has 1 amide bonds. The molecule has 2 aromatic rings. The Morgan fingerprint density at radius 3 is 2.89 bits per heavy atom. The number of carbonyl (C=O) groups is 1. The van der Waals surface area contributed by atoms with Gasteiger partial charge in [0.2, 0.25) is 0 Å².